The topological polar surface area (TPSA) is 41.1 Å². The minimum Gasteiger partial charge on any atom is -0.324 e. The van der Waals surface area contributed by atoms with E-state index in [2.05, 4.69) is 23.6 Å². The van der Waals surface area contributed by atoms with Crippen LogP contribution in [0.2, 0.25) is 0 Å². The Morgan fingerprint density at radius 3 is 2.74 bits per heavy atom. The van der Waals surface area contributed by atoms with Crippen molar-refractivity contribution in [3.63, 3.8) is 0 Å². The number of carbonyl (C=O) groups excluding carboxylic acids is 1. The first kappa shape index (κ1) is 16.0. The zero-order chi connectivity index (χ0) is 13.0. The van der Waals surface area contributed by atoms with Crippen molar-refractivity contribution in [2.75, 3.05) is 18.4 Å². The number of hydrogen-bond acceptors (Lipinski definition) is 2. The summed E-state index contributed by atoms with van der Waals surface area (Å²) in [7, 11) is 0. The van der Waals surface area contributed by atoms with E-state index in [9.17, 15) is 4.79 Å². The van der Waals surface area contributed by atoms with E-state index in [1.807, 2.05) is 19.1 Å². The molecule has 0 unspecified atom stereocenters. The molecule has 0 heterocycles. The zero-order valence-electron chi connectivity index (χ0n) is 11.7. The average molecular weight is 283 g/mol. The van der Waals surface area contributed by atoms with Crippen molar-refractivity contribution >= 4 is 24.0 Å². The monoisotopic (exact) mass is 282 g/mol. The number of carbonyl (C=O) groups is 1. The molecule has 0 bridgehead atoms. The highest BCUT2D eigenvalue weighted by Crippen LogP contribution is 2.27. The first-order valence-corrected chi connectivity index (χ1v) is 6.79. The second-order valence-electron chi connectivity index (χ2n) is 5.09. The van der Waals surface area contributed by atoms with Crippen molar-refractivity contribution in [1.82, 2.24) is 5.32 Å². The molecule has 2 rings (SSSR count). The first-order chi connectivity index (χ1) is 8.70. The number of anilines is 1. The van der Waals surface area contributed by atoms with Gasteiger partial charge in [0, 0.05) is 5.69 Å². The number of rotatable bonds is 6. The second-order valence-corrected chi connectivity index (χ2v) is 5.09. The Labute approximate surface area is 121 Å². The summed E-state index contributed by atoms with van der Waals surface area (Å²) in [6.07, 6.45) is 3.56. The Kier molecular flexibility index (Phi) is 6.32. The predicted octanol–water partition coefficient (Wildman–Crippen LogP) is 2.92. The Hall–Kier alpha value is -1.06. The van der Waals surface area contributed by atoms with E-state index >= 15 is 0 Å². The van der Waals surface area contributed by atoms with Crippen LogP contribution >= 0.6 is 12.4 Å². The molecule has 2 N–H and O–H groups in total. The van der Waals surface area contributed by atoms with Crippen LogP contribution in [0, 0.1) is 12.8 Å². The molecule has 19 heavy (non-hydrogen) atoms. The van der Waals surface area contributed by atoms with Gasteiger partial charge in [0.05, 0.1) is 6.54 Å². The van der Waals surface area contributed by atoms with E-state index in [4.69, 9.17) is 0 Å². The van der Waals surface area contributed by atoms with Crippen molar-refractivity contribution in [1.29, 1.82) is 0 Å². The molecule has 1 saturated carbocycles. The lowest BCUT2D eigenvalue weighted by atomic mass is 10.1. The Bertz CT molecular complexity index is 430. The van der Waals surface area contributed by atoms with Gasteiger partial charge in [-0.05, 0) is 49.8 Å². The molecule has 1 aliphatic carbocycles. The Balaban J connectivity index is 0.00000180. The van der Waals surface area contributed by atoms with Crippen LogP contribution in [-0.2, 0) is 11.2 Å². The molecule has 0 saturated heterocycles. The number of amides is 1. The summed E-state index contributed by atoms with van der Waals surface area (Å²) in [6, 6.07) is 6.14. The molecule has 3 nitrogen and oxygen atoms in total. The minimum atomic E-state index is 0. The fraction of sp³-hybridized carbons (Fsp3) is 0.533. The summed E-state index contributed by atoms with van der Waals surface area (Å²) in [5.41, 5.74) is 3.31. The standard InChI is InChI=1S/C15H22N2O.ClH/c1-3-13-6-4-5-11(2)15(13)17-14(18)10-16-9-12-7-8-12;/h4-6,12,16H,3,7-10H2,1-2H3,(H,17,18);1H. The smallest absolute Gasteiger partial charge is 0.238 e. The molecule has 1 aromatic rings. The number of aryl methyl sites for hydroxylation is 2. The maximum atomic E-state index is 11.9. The maximum absolute atomic E-state index is 11.9. The third kappa shape index (κ3) is 4.84. The normalized spacial score (nSPS) is 13.8. The molecule has 1 aliphatic rings. The van der Waals surface area contributed by atoms with Gasteiger partial charge >= 0.3 is 0 Å². The molecular weight excluding hydrogens is 260 g/mol. The van der Waals surface area contributed by atoms with E-state index < -0.39 is 0 Å². The number of nitrogens with one attached hydrogen (secondary N) is 2. The van der Waals surface area contributed by atoms with Gasteiger partial charge < -0.3 is 10.6 Å². The SMILES string of the molecule is CCc1cccc(C)c1NC(=O)CNCC1CC1.Cl. The van der Waals surface area contributed by atoms with Gasteiger partial charge in [-0.15, -0.1) is 12.4 Å². The fourth-order valence-corrected chi connectivity index (χ4v) is 2.10. The van der Waals surface area contributed by atoms with Gasteiger partial charge in [-0.25, -0.2) is 0 Å². The molecule has 106 valence electrons. The van der Waals surface area contributed by atoms with Crippen molar-refractivity contribution < 1.29 is 4.79 Å². The van der Waals surface area contributed by atoms with E-state index in [0.29, 0.717) is 6.54 Å². The highest BCUT2D eigenvalue weighted by molar-refractivity contribution is 5.93. The van der Waals surface area contributed by atoms with Gasteiger partial charge in [0.2, 0.25) is 5.91 Å². The predicted molar refractivity (Wildman–Crippen MR) is 82.0 cm³/mol. The number of para-hydroxylation sites is 1. The molecule has 0 aromatic heterocycles. The lowest BCUT2D eigenvalue weighted by molar-refractivity contribution is -0.115. The van der Waals surface area contributed by atoms with E-state index in [1.54, 1.807) is 0 Å². The lowest BCUT2D eigenvalue weighted by Gasteiger charge is -2.13. The highest BCUT2D eigenvalue weighted by atomic mass is 35.5. The van der Waals surface area contributed by atoms with Gasteiger partial charge in [-0.1, -0.05) is 25.1 Å². The second kappa shape index (κ2) is 7.51. The van der Waals surface area contributed by atoms with Gasteiger partial charge in [0.15, 0.2) is 0 Å². The van der Waals surface area contributed by atoms with E-state index in [0.717, 1.165) is 30.1 Å². The van der Waals surface area contributed by atoms with Crippen LogP contribution in [0.25, 0.3) is 0 Å². The molecular formula is C15H23ClN2O. The maximum Gasteiger partial charge on any atom is 0.238 e. The molecule has 0 spiro atoms. The van der Waals surface area contributed by atoms with E-state index in [-0.39, 0.29) is 18.3 Å². The summed E-state index contributed by atoms with van der Waals surface area (Å²) in [5, 5.41) is 6.23. The van der Waals surface area contributed by atoms with E-state index in [1.165, 1.54) is 18.4 Å². The van der Waals surface area contributed by atoms with Gasteiger partial charge in [0.25, 0.3) is 0 Å². The zero-order valence-corrected chi connectivity index (χ0v) is 12.5. The summed E-state index contributed by atoms with van der Waals surface area (Å²) in [6.45, 7) is 5.53. The van der Waals surface area contributed by atoms with Crippen LogP contribution in [0.15, 0.2) is 18.2 Å². The van der Waals surface area contributed by atoms with Crippen molar-refractivity contribution in [2.24, 2.45) is 5.92 Å². The third-order valence-electron chi connectivity index (χ3n) is 3.42. The van der Waals surface area contributed by atoms with Crippen LogP contribution in [0.4, 0.5) is 5.69 Å². The van der Waals surface area contributed by atoms with Crippen molar-refractivity contribution in [3.8, 4) is 0 Å². The Morgan fingerprint density at radius 1 is 1.37 bits per heavy atom. The summed E-state index contributed by atoms with van der Waals surface area (Å²) < 4.78 is 0. The fourth-order valence-electron chi connectivity index (χ4n) is 2.10. The lowest BCUT2D eigenvalue weighted by Crippen LogP contribution is -2.30. The van der Waals surface area contributed by atoms with Gasteiger partial charge in [-0.3, -0.25) is 4.79 Å². The van der Waals surface area contributed by atoms with Crippen LogP contribution in [-0.4, -0.2) is 19.0 Å². The molecule has 1 fully saturated rings. The summed E-state index contributed by atoms with van der Waals surface area (Å²) in [5.74, 6) is 0.863. The molecule has 0 radical (unpaired) electrons. The third-order valence-corrected chi connectivity index (χ3v) is 3.42. The Morgan fingerprint density at radius 2 is 2.11 bits per heavy atom. The van der Waals surface area contributed by atoms with Crippen LogP contribution in [0.3, 0.4) is 0 Å². The van der Waals surface area contributed by atoms with Crippen LogP contribution < -0.4 is 10.6 Å². The molecule has 4 heteroatoms. The van der Waals surface area contributed by atoms with Crippen LogP contribution in [0.1, 0.15) is 30.9 Å². The van der Waals surface area contributed by atoms with Crippen molar-refractivity contribution in [2.45, 2.75) is 33.1 Å². The minimum absolute atomic E-state index is 0. The largest absolute Gasteiger partial charge is 0.324 e. The van der Waals surface area contributed by atoms with Crippen LogP contribution in [0.5, 0.6) is 0 Å². The summed E-state index contributed by atoms with van der Waals surface area (Å²) >= 11 is 0. The number of benzene rings is 1. The number of halogens is 1. The van der Waals surface area contributed by atoms with Crippen molar-refractivity contribution in [3.05, 3.63) is 29.3 Å². The van der Waals surface area contributed by atoms with Gasteiger partial charge in [-0.2, -0.15) is 0 Å². The molecule has 1 amide bonds. The molecule has 1 aromatic carbocycles. The molecule has 0 atom stereocenters. The summed E-state index contributed by atoms with van der Waals surface area (Å²) in [4.78, 5) is 11.9. The quantitative estimate of drug-likeness (QED) is 0.842. The van der Waals surface area contributed by atoms with Gasteiger partial charge in [0.1, 0.15) is 0 Å². The number of hydrogen-bond donors (Lipinski definition) is 2. The first-order valence-electron chi connectivity index (χ1n) is 6.79. The average Bonchev–Trinajstić information content (AvgIpc) is 3.16. The molecule has 0 aliphatic heterocycles. The highest BCUT2D eigenvalue weighted by Gasteiger charge is 2.20.